The summed E-state index contributed by atoms with van der Waals surface area (Å²) in [6.07, 6.45) is 4.96. The smallest absolute Gasteiger partial charge is 0.0648 e. The topological polar surface area (TPSA) is 33.1 Å². The maximum Gasteiger partial charge on any atom is 0.0648 e. The fourth-order valence-electron chi connectivity index (χ4n) is 2.18. The third kappa shape index (κ3) is 4.47. The first-order chi connectivity index (χ1) is 9.79. The van der Waals surface area contributed by atoms with Crippen molar-refractivity contribution in [1.82, 2.24) is 20.0 Å². The minimum Gasteiger partial charge on any atom is -0.315 e. The van der Waals surface area contributed by atoms with Crippen molar-refractivity contribution < 1.29 is 0 Å². The van der Waals surface area contributed by atoms with Gasteiger partial charge in [0.1, 0.15) is 0 Å². The number of nitrogens with one attached hydrogen (secondary N) is 1. The summed E-state index contributed by atoms with van der Waals surface area (Å²) >= 11 is 0. The van der Waals surface area contributed by atoms with E-state index in [4.69, 9.17) is 0 Å². The number of nitrogens with zero attached hydrogens (tertiary/aromatic N) is 3. The number of aromatic nitrogens is 2. The van der Waals surface area contributed by atoms with E-state index < -0.39 is 0 Å². The summed E-state index contributed by atoms with van der Waals surface area (Å²) in [5.74, 6) is 0. The van der Waals surface area contributed by atoms with Crippen molar-refractivity contribution in [2.45, 2.75) is 19.9 Å². The Labute approximate surface area is 121 Å². The Morgan fingerprint density at radius 2 is 2.15 bits per heavy atom. The first kappa shape index (κ1) is 14.8. The van der Waals surface area contributed by atoms with Crippen molar-refractivity contribution in [2.75, 3.05) is 26.7 Å². The van der Waals surface area contributed by atoms with Gasteiger partial charge in [0.05, 0.1) is 5.69 Å². The zero-order valence-electron chi connectivity index (χ0n) is 12.4. The molecule has 0 aliphatic carbocycles. The Balaban J connectivity index is 1.88. The van der Waals surface area contributed by atoms with Crippen LogP contribution in [0.4, 0.5) is 0 Å². The van der Waals surface area contributed by atoms with Crippen LogP contribution in [0.15, 0.2) is 42.7 Å². The van der Waals surface area contributed by atoms with Crippen molar-refractivity contribution in [2.24, 2.45) is 0 Å². The van der Waals surface area contributed by atoms with Gasteiger partial charge in [0, 0.05) is 32.0 Å². The second-order valence-corrected chi connectivity index (χ2v) is 5.11. The van der Waals surface area contributed by atoms with E-state index in [0.717, 1.165) is 31.9 Å². The molecule has 2 aromatic rings. The van der Waals surface area contributed by atoms with Gasteiger partial charge in [-0.1, -0.05) is 19.1 Å². The SMILES string of the molecule is CCCNCCN(C)Cc1cccc(-n2cccn2)c1. The van der Waals surface area contributed by atoms with Crippen molar-refractivity contribution in [3.05, 3.63) is 48.3 Å². The molecule has 1 aromatic heterocycles. The van der Waals surface area contributed by atoms with Crippen molar-refractivity contribution in [3.8, 4) is 5.69 Å². The molecule has 4 nitrogen and oxygen atoms in total. The molecular formula is C16H24N4. The van der Waals surface area contributed by atoms with Gasteiger partial charge in [0.25, 0.3) is 0 Å². The molecule has 20 heavy (non-hydrogen) atoms. The van der Waals surface area contributed by atoms with Crippen LogP contribution >= 0.6 is 0 Å². The number of hydrogen-bond donors (Lipinski definition) is 1. The molecule has 2 rings (SSSR count). The van der Waals surface area contributed by atoms with Crippen LogP contribution in [0, 0.1) is 0 Å². The molecule has 0 radical (unpaired) electrons. The van der Waals surface area contributed by atoms with Crippen molar-refractivity contribution in [1.29, 1.82) is 0 Å². The van der Waals surface area contributed by atoms with Crippen molar-refractivity contribution in [3.63, 3.8) is 0 Å². The van der Waals surface area contributed by atoms with E-state index in [9.17, 15) is 0 Å². The fraction of sp³-hybridized carbons (Fsp3) is 0.438. The van der Waals surface area contributed by atoms with E-state index in [1.807, 2.05) is 16.9 Å². The summed E-state index contributed by atoms with van der Waals surface area (Å²) in [5, 5.41) is 7.70. The van der Waals surface area contributed by atoms with Gasteiger partial charge in [-0.15, -0.1) is 0 Å². The van der Waals surface area contributed by atoms with Crippen LogP contribution < -0.4 is 5.32 Å². The van der Waals surface area contributed by atoms with Gasteiger partial charge < -0.3 is 10.2 Å². The number of likely N-dealkylation sites (N-methyl/N-ethyl adjacent to an activating group) is 1. The minimum atomic E-state index is 0.961. The quantitative estimate of drug-likeness (QED) is 0.749. The van der Waals surface area contributed by atoms with Crippen LogP contribution in [0.1, 0.15) is 18.9 Å². The lowest BCUT2D eigenvalue weighted by Crippen LogP contribution is -2.29. The molecule has 0 atom stereocenters. The van der Waals surface area contributed by atoms with Crippen LogP contribution in [-0.4, -0.2) is 41.4 Å². The predicted molar refractivity (Wildman–Crippen MR) is 83.1 cm³/mol. The van der Waals surface area contributed by atoms with Gasteiger partial charge in [-0.3, -0.25) is 0 Å². The van der Waals surface area contributed by atoms with E-state index in [2.05, 4.69) is 53.6 Å². The van der Waals surface area contributed by atoms with Gasteiger partial charge in [-0.25, -0.2) is 4.68 Å². The standard InChI is InChI=1S/C16H24N4/c1-3-8-17-10-12-19(2)14-15-6-4-7-16(13-15)20-11-5-9-18-20/h4-7,9,11,13,17H,3,8,10,12,14H2,1-2H3. The highest BCUT2D eigenvalue weighted by atomic mass is 15.3. The maximum absolute atomic E-state index is 4.27. The van der Waals surface area contributed by atoms with Crippen LogP contribution in [0.3, 0.4) is 0 Å². The molecule has 0 bridgehead atoms. The summed E-state index contributed by atoms with van der Waals surface area (Å²) in [4.78, 5) is 2.34. The number of benzene rings is 1. The lowest BCUT2D eigenvalue weighted by molar-refractivity contribution is 0.324. The van der Waals surface area contributed by atoms with E-state index in [1.165, 1.54) is 12.0 Å². The van der Waals surface area contributed by atoms with E-state index in [0.29, 0.717) is 0 Å². The molecule has 0 aliphatic heterocycles. The molecule has 1 N–H and O–H groups in total. The number of hydrogen-bond acceptors (Lipinski definition) is 3. The summed E-state index contributed by atoms with van der Waals surface area (Å²) in [5.41, 5.74) is 2.43. The molecule has 1 aromatic carbocycles. The summed E-state index contributed by atoms with van der Waals surface area (Å²) in [7, 11) is 2.16. The first-order valence-electron chi connectivity index (χ1n) is 7.28. The van der Waals surface area contributed by atoms with E-state index in [-0.39, 0.29) is 0 Å². The Hall–Kier alpha value is -1.65. The maximum atomic E-state index is 4.27. The first-order valence-corrected chi connectivity index (χ1v) is 7.28. The molecule has 1 heterocycles. The molecule has 0 amide bonds. The van der Waals surface area contributed by atoms with E-state index in [1.54, 1.807) is 6.20 Å². The predicted octanol–water partition coefficient (Wildman–Crippen LogP) is 2.30. The summed E-state index contributed by atoms with van der Waals surface area (Å²) < 4.78 is 1.90. The molecule has 4 heteroatoms. The largest absolute Gasteiger partial charge is 0.315 e. The fourth-order valence-corrected chi connectivity index (χ4v) is 2.18. The molecule has 0 fully saturated rings. The monoisotopic (exact) mass is 272 g/mol. The normalized spacial score (nSPS) is 11.2. The van der Waals surface area contributed by atoms with Gasteiger partial charge in [-0.05, 0) is 43.8 Å². The van der Waals surface area contributed by atoms with Crippen molar-refractivity contribution >= 4 is 0 Å². The lowest BCUT2D eigenvalue weighted by Gasteiger charge is -2.17. The van der Waals surface area contributed by atoms with Crippen LogP contribution in [0.2, 0.25) is 0 Å². The Morgan fingerprint density at radius 3 is 2.90 bits per heavy atom. The van der Waals surface area contributed by atoms with Gasteiger partial charge in [0.2, 0.25) is 0 Å². The summed E-state index contributed by atoms with van der Waals surface area (Å²) in [6, 6.07) is 10.5. The third-order valence-electron chi connectivity index (χ3n) is 3.23. The second kappa shape index (κ2) is 7.82. The average molecular weight is 272 g/mol. The second-order valence-electron chi connectivity index (χ2n) is 5.11. The highest BCUT2D eigenvalue weighted by Crippen LogP contribution is 2.11. The average Bonchev–Trinajstić information content (AvgIpc) is 2.98. The van der Waals surface area contributed by atoms with Crippen LogP contribution in [0.25, 0.3) is 5.69 Å². The van der Waals surface area contributed by atoms with E-state index >= 15 is 0 Å². The van der Waals surface area contributed by atoms with Gasteiger partial charge >= 0.3 is 0 Å². The lowest BCUT2D eigenvalue weighted by atomic mass is 10.2. The highest BCUT2D eigenvalue weighted by molar-refractivity contribution is 5.34. The minimum absolute atomic E-state index is 0.961. The van der Waals surface area contributed by atoms with Crippen LogP contribution in [-0.2, 0) is 6.54 Å². The molecule has 0 aliphatic rings. The summed E-state index contributed by atoms with van der Waals surface area (Å²) in [6.45, 7) is 6.36. The third-order valence-corrected chi connectivity index (χ3v) is 3.23. The molecular weight excluding hydrogens is 248 g/mol. The van der Waals surface area contributed by atoms with Gasteiger partial charge in [0.15, 0.2) is 0 Å². The molecule has 108 valence electrons. The number of rotatable bonds is 8. The molecule has 0 saturated heterocycles. The molecule has 0 spiro atoms. The zero-order chi connectivity index (χ0) is 14.2. The van der Waals surface area contributed by atoms with Gasteiger partial charge in [-0.2, -0.15) is 5.10 Å². The highest BCUT2D eigenvalue weighted by Gasteiger charge is 2.02. The Kier molecular flexibility index (Phi) is 5.77. The Morgan fingerprint density at radius 1 is 1.25 bits per heavy atom. The molecule has 0 unspecified atom stereocenters. The van der Waals surface area contributed by atoms with Crippen LogP contribution in [0.5, 0.6) is 0 Å². The Bertz CT molecular complexity index is 493. The zero-order valence-corrected chi connectivity index (χ0v) is 12.4. The molecule has 0 saturated carbocycles.